The molecule has 3 aromatic carbocycles. The van der Waals surface area contributed by atoms with E-state index in [-0.39, 0.29) is 12.5 Å². The molecular formula is C27H27Br2ClN2O4. The summed E-state index contributed by atoms with van der Waals surface area (Å²) in [5, 5.41) is 3.28. The molecule has 0 spiro atoms. The molecule has 0 saturated heterocycles. The van der Waals surface area contributed by atoms with Gasteiger partial charge in [0.15, 0.2) is 0 Å². The average Bonchev–Trinajstić information content (AvgIpc) is 2.77. The minimum atomic E-state index is -0.949. The van der Waals surface area contributed by atoms with E-state index >= 15 is 0 Å². The number of alkyl carbamates (subject to hydrolysis) is 1. The van der Waals surface area contributed by atoms with Gasteiger partial charge in [-0.2, -0.15) is 0 Å². The molecule has 1 N–H and O–H groups in total. The molecule has 3 aromatic rings. The van der Waals surface area contributed by atoms with Crippen molar-refractivity contribution in [1.82, 2.24) is 10.2 Å². The molecule has 0 bridgehead atoms. The van der Waals surface area contributed by atoms with E-state index in [2.05, 4.69) is 37.2 Å². The molecule has 1 atom stereocenters. The van der Waals surface area contributed by atoms with Gasteiger partial charge < -0.3 is 19.7 Å². The van der Waals surface area contributed by atoms with Crippen LogP contribution in [0.5, 0.6) is 11.5 Å². The molecule has 0 unspecified atom stereocenters. The Morgan fingerprint density at radius 1 is 1.00 bits per heavy atom. The number of nitrogens with one attached hydrogen (secondary N) is 1. The van der Waals surface area contributed by atoms with Crippen molar-refractivity contribution >= 4 is 55.5 Å². The molecule has 0 aliphatic carbocycles. The zero-order valence-electron chi connectivity index (χ0n) is 20.3. The van der Waals surface area contributed by atoms with Crippen LogP contribution in [0, 0.1) is 0 Å². The van der Waals surface area contributed by atoms with Gasteiger partial charge in [-0.05, 0) is 68.8 Å². The van der Waals surface area contributed by atoms with Crippen molar-refractivity contribution in [3.8, 4) is 11.5 Å². The molecule has 9 heteroatoms. The number of amides is 2. The SMILES string of the molecule is CN(Cc1ccc(Br)cc1Oc1cccc(Cl)c1)C(=O)[C@@H](NC(=O)OC(C)(C)C)c1cccc(Br)c1. The highest BCUT2D eigenvalue weighted by Crippen LogP contribution is 2.31. The van der Waals surface area contributed by atoms with E-state index in [1.54, 1.807) is 64.2 Å². The third kappa shape index (κ3) is 8.25. The van der Waals surface area contributed by atoms with Crippen LogP contribution >= 0.6 is 43.5 Å². The number of carbonyl (C=O) groups is 2. The molecule has 0 heterocycles. The Hall–Kier alpha value is -2.55. The first kappa shape index (κ1) is 28.0. The Bertz CT molecular complexity index is 1250. The lowest BCUT2D eigenvalue weighted by molar-refractivity contribution is -0.132. The molecule has 0 radical (unpaired) electrons. The van der Waals surface area contributed by atoms with Gasteiger partial charge in [0, 0.05) is 33.1 Å². The highest BCUT2D eigenvalue weighted by molar-refractivity contribution is 9.10. The van der Waals surface area contributed by atoms with Gasteiger partial charge in [-0.1, -0.05) is 67.7 Å². The van der Waals surface area contributed by atoms with Crippen LogP contribution in [0.25, 0.3) is 0 Å². The Balaban J connectivity index is 1.86. The van der Waals surface area contributed by atoms with Gasteiger partial charge in [0.25, 0.3) is 0 Å². The zero-order chi connectivity index (χ0) is 26.5. The van der Waals surface area contributed by atoms with E-state index in [4.69, 9.17) is 21.1 Å². The maximum absolute atomic E-state index is 13.6. The molecular weight excluding hydrogens is 612 g/mol. The molecule has 2 amide bonds. The third-order valence-corrected chi connectivity index (χ3v) is 6.15. The second-order valence-corrected chi connectivity index (χ2v) is 11.4. The van der Waals surface area contributed by atoms with E-state index in [1.165, 1.54) is 4.90 Å². The summed E-state index contributed by atoms with van der Waals surface area (Å²) in [5.41, 5.74) is 0.697. The normalized spacial score (nSPS) is 12.0. The summed E-state index contributed by atoms with van der Waals surface area (Å²) in [6, 6.07) is 19.0. The number of nitrogens with zero attached hydrogens (tertiary/aromatic N) is 1. The summed E-state index contributed by atoms with van der Waals surface area (Å²) in [4.78, 5) is 27.7. The predicted molar refractivity (Wildman–Crippen MR) is 148 cm³/mol. The minimum Gasteiger partial charge on any atom is -0.457 e. The number of benzene rings is 3. The fourth-order valence-corrected chi connectivity index (χ4v) is 4.30. The van der Waals surface area contributed by atoms with E-state index in [9.17, 15) is 9.59 Å². The predicted octanol–water partition coefficient (Wildman–Crippen LogP) is 7.88. The average molecular weight is 639 g/mol. The summed E-state index contributed by atoms with van der Waals surface area (Å²) in [5.74, 6) is 0.843. The summed E-state index contributed by atoms with van der Waals surface area (Å²) in [6.07, 6.45) is -0.678. The van der Waals surface area contributed by atoms with Crippen molar-refractivity contribution in [2.45, 2.75) is 39.0 Å². The van der Waals surface area contributed by atoms with Crippen LogP contribution in [0.2, 0.25) is 5.02 Å². The van der Waals surface area contributed by atoms with Crippen LogP contribution in [0.15, 0.2) is 75.7 Å². The summed E-state index contributed by atoms with van der Waals surface area (Å²) in [6.45, 7) is 5.54. The van der Waals surface area contributed by atoms with Crippen LogP contribution in [0.4, 0.5) is 4.79 Å². The first-order valence-corrected chi connectivity index (χ1v) is 13.1. The standard InChI is InChI=1S/C27H27Br2ClN2O4/c1-27(2,3)36-26(34)31-24(17-7-5-8-19(28)13-17)25(33)32(4)16-18-11-12-20(29)14-23(18)35-22-10-6-9-21(30)15-22/h5-15,24H,16H2,1-4H3,(H,31,34)/t24-/m0/s1. The number of likely N-dealkylation sites (N-methyl/N-ethyl adjacent to an activating group) is 1. The van der Waals surface area contributed by atoms with Crippen molar-refractivity contribution in [1.29, 1.82) is 0 Å². The third-order valence-electron chi connectivity index (χ3n) is 4.93. The first-order valence-electron chi connectivity index (χ1n) is 11.1. The Morgan fingerprint density at radius 3 is 2.36 bits per heavy atom. The monoisotopic (exact) mass is 636 g/mol. The molecule has 0 saturated carbocycles. The second kappa shape index (κ2) is 12.1. The van der Waals surface area contributed by atoms with Crippen LogP contribution in [-0.2, 0) is 16.1 Å². The van der Waals surface area contributed by atoms with E-state index in [1.807, 2.05) is 30.3 Å². The van der Waals surface area contributed by atoms with E-state index < -0.39 is 17.7 Å². The van der Waals surface area contributed by atoms with Crippen LogP contribution in [0.1, 0.15) is 37.9 Å². The van der Waals surface area contributed by atoms with Crippen molar-refractivity contribution in [2.75, 3.05) is 7.05 Å². The highest BCUT2D eigenvalue weighted by Gasteiger charge is 2.29. The van der Waals surface area contributed by atoms with Gasteiger partial charge in [0.2, 0.25) is 5.91 Å². The van der Waals surface area contributed by atoms with Gasteiger partial charge in [-0.3, -0.25) is 4.79 Å². The van der Waals surface area contributed by atoms with Gasteiger partial charge in [-0.15, -0.1) is 0 Å². The maximum Gasteiger partial charge on any atom is 0.408 e. The number of hydrogen-bond donors (Lipinski definition) is 1. The molecule has 190 valence electrons. The first-order chi connectivity index (χ1) is 16.9. The molecule has 6 nitrogen and oxygen atoms in total. The summed E-state index contributed by atoms with van der Waals surface area (Å²) in [7, 11) is 1.68. The Kier molecular flexibility index (Phi) is 9.44. The zero-order valence-corrected chi connectivity index (χ0v) is 24.3. The van der Waals surface area contributed by atoms with Crippen molar-refractivity contribution in [2.24, 2.45) is 0 Å². The van der Waals surface area contributed by atoms with Gasteiger partial charge in [-0.25, -0.2) is 4.79 Å². The fraction of sp³-hybridized carbons (Fsp3) is 0.259. The molecule has 36 heavy (non-hydrogen) atoms. The van der Waals surface area contributed by atoms with Crippen LogP contribution in [0.3, 0.4) is 0 Å². The lowest BCUT2D eigenvalue weighted by atomic mass is 10.1. The lowest BCUT2D eigenvalue weighted by Crippen LogP contribution is -2.43. The summed E-state index contributed by atoms with van der Waals surface area (Å²) >= 11 is 13.0. The van der Waals surface area contributed by atoms with Gasteiger partial charge >= 0.3 is 6.09 Å². The van der Waals surface area contributed by atoms with Gasteiger partial charge in [0.1, 0.15) is 23.1 Å². The molecule has 0 fully saturated rings. The molecule has 3 rings (SSSR count). The maximum atomic E-state index is 13.6. The minimum absolute atomic E-state index is 0.239. The molecule has 0 aliphatic rings. The van der Waals surface area contributed by atoms with Crippen molar-refractivity contribution in [3.63, 3.8) is 0 Å². The van der Waals surface area contributed by atoms with Crippen molar-refractivity contribution < 1.29 is 19.1 Å². The van der Waals surface area contributed by atoms with Crippen molar-refractivity contribution in [3.05, 3.63) is 91.8 Å². The van der Waals surface area contributed by atoms with E-state index in [0.717, 1.165) is 14.5 Å². The number of rotatable bonds is 7. The lowest BCUT2D eigenvalue weighted by Gasteiger charge is -2.27. The largest absolute Gasteiger partial charge is 0.457 e. The fourth-order valence-electron chi connectivity index (χ4n) is 3.36. The highest BCUT2D eigenvalue weighted by atomic mass is 79.9. The molecule has 0 aliphatic heterocycles. The Morgan fingerprint density at radius 2 is 1.69 bits per heavy atom. The number of carbonyl (C=O) groups excluding carboxylic acids is 2. The number of ether oxygens (including phenoxy) is 2. The Labute approximate surface area is 233 Å². The summed E-state index contributed by atoms with van der Waals surface area (Å²) < 4.78 is 13.1. The topological polar surface area (TPSA) is 67.9 Å². The van der Waals surface area contributed by atoms with Crippen LogP contribution in [-0.4, -0.2) is 29.5 Å². The van der Waals surface area contributed by atoms with Gasteiger partial charge in [0.05, 0.1) is 0 Å². The van der Waals surface area contributed by atoms with E-state index in [0.29, 0.717) is 22.1 Å². The number of halogens is 3. The second-order valence-electron chi connectivity index (χ2n) is 9.14. The molecule has 0 aromatic heterocycles. The smallest absolute Gasteiger partial charge is 0.408 e. The van der Waals surface area contributed by atoms with Crippen LogP contribution < -0.4 is 10.1 Å². The number of hydrogen-bond acceptors (Lipinski definition) is 4. The quantitative estimate of drug-likeness (QED) is 0.286.